The topological polar surface area (TPSA) is 75.2 Å². The Balaban J connectivity index is 1.79. The molecule has 0 saturated carbocycles. The quantitative estimate of drug-likeness (QED) is 0.412. The van der Waals surface area contributed by atoms with Crippen LogP contribution in [0.5, 0.6) is 5.75 Å². The van der Waals surface area contributed by atoms with Crippen LogP contribution >= 0.6 is 11.6 Å². The van der Waals surface area contributed by atoms with E-state index in [1.54, 1.807) is 19.5 Å². The van der Waals surface area contributed by atoms with Crippen molar-refractivity contribution in [2.75, 3.05) is 12.8 Å². The zero-order valence-corrected chi connectivity index (χ0v) is 18.4. The molecule has 1 aromatic carbocycles. The molecule has 2 N–H and O–H groups in total. The molecular weight excluding hydrogens is 412 g/mol. The van der Waals surface area contributed by atoms with E-state index >= 15 is 0 Å². The molecule has 0 aliphatic heterocycles. The zero-order valence-electron chi connectivity index (χ0n) is 17.6. The average molecular weight is 435 g/mol. The van der Waals surface area contributed by atoms with Gasteiger partial charge in [0.15, 0.2) is 0 Å². The molecule has 0 fully saturated rings. The van der Waals surface area contributed by atoms with Crippen LogP contribution in [0.4, 0.5) is 5.69 Å². The summed E-state index contributed by atoms with van der Waals surface area (Å²) in [5.41, 5.74) is 11.9. The number of methoxy groups -OCH3 is 1. The van der Waals surface area contributed by atoms with E-state index in [4.69, 9.17) is 31.8 Å². The lowest BCUT2D eigenvalue weighted by molar-refractivity contribution is 0.310. The number of fused-ring (bicyclic) bond motifs is 1. The lowest BCUT2D eigenvalue weighted by atomic mass is 10.0. The number of hydrogen-bond acceptors (Lipinski definition) is 5. The average Bonchev–Trinajstić information content (AvgIpc) is 3.13. The van der Waals surface area contributed by atoms with Crippen molar-refractivity contribution < 1.29 is 9.47 Å². The van der Waals surface area contributed by atoms with Gasteiger partial charge >= 0.3 is 0 Å². The molecule has 3 aromatic heterocycles. The van der Waals surface area contributed by atoms with Crippen molar-refractivity contribution in [2.24, 2.45) is 7.05 Å². The number of para-hydroxylation sites is 1. The number of ether oxygens (including phenoxy) is 2. The highest BCUT2D eigenvalue weighted by molar-refractivity contribution is 6.31. The van der Waals surface area contributed by atoms with E-state index in [9.17, 15) is 0 Å². The number of hydrogen-bond donors (Lipinski definition) is 1. The largest absolute Gasteiger partial charge is 0.495 e. The van der Waals surface area contributed by atoms with Crippen molar-refractivity contribution in [3.05, 3.63) is 77.3 Å². The Morgan fingerprint density at radius 2 is 2.03 bits per heavy atom. The summed E-state index contributed by atoms with van der Waals surface area (Å²) in [5, 5.41) is 1.45. The Morgan fingerprint density at radius 3 is 2.77 bits per heavy atom. The minimum Gasteiger partial charge on any atom is -0.495 e. The van der Waals surface area contributed by atoms with Crippen LogP contribution in [-0.4, -0.2) is 21.6 Å². The highest BCUT2D eigenvalue weighted by atomic mass is 35.5. The normalized spacial score (nSPS) is 11.0. The van der Waals surface area contributed by atoms with E-state index in [1.165, 1.54) is 0 Å². The first-order chi connectivity index (χ1) is 14.9. The van der Waals surface area contributed by atoms with Crippen LogP contribution in [0.25, 0.3) is 27.9 Å². The standard InChI is InChI=1S/C24H23ClN4O2/c1-14-10-17(22-9-8-21(29(22)3)15(2)30-4)16-6-5-7-23(24(16)28-14)31-13-18-19(25)11-27-12-20(18)26/h5-12H,2,13,26H2,1,3-4H3. The van der Waals surface area contributed by atoms with Gasteiger partial charge in [-0.3, -0.25) is 4.98 Å². The molecular formula is C24H23ClN4O2. The third kappa shape index (κ3) is 3.82. The maximum absolute atomic E-state index is 6.24. The summed E-state index contributed by atoms with van der Waals surface area (Å²) in [5.74, 6) is 1.27. The summed E-state index contributed by atoms with van der Waals surface area (Å²) in [4.78, 5) is 8.75. The maximum atomic E-state index is 6.24. The van der Waals surface area contributed by atoms with Crippen LogP contribution < -0.4 is 10.5 Å². The van der Waals surface area contributed by atoms with Gasteiger partial charge in [-0.05, 0) is 31.2 Å². The van der Waals surface area contributed by atoms with Gasteiger partial charge in [0.05, 0.1) is 29.7 Å². The minimum atomic E-state index is 0.221. The summed E-state index contributed by atoms with van der Waals surface area (Å²) in [6.45, 7) is 6.16. The highest BCUT2D eigenvalue weighted by Gasteiger charge is 2.16. The second-order valence-electron chi connectivity index (χ2n) is 7.23. The predicted octanol–water partition coefficient (Wildman–Crippen LogP) is 5.38. The molecule has 6 nitrogen and oxygen atoms in total. The van der Waals surface area contributed by atoms with Crippen molar-refractivity contribution in [1.29, 1.82) is 0 Å². The smallest absolute Gasteiger partial charge is 0.146 e. The number of nitrogens with two attached hydrogens (primary N) is 1. The van der Waals surface area contributed by atoms with Crippen molar-refractivity contribution in [2.45, 2.75) is 13.5 Å². The highest BCUT2D eigenvalue weighted by Crippen LogP contribution is 2.35. The Hall–Kier alpha value is -3.51. The fourth-order valence-corrected chi connectivity index (χ4v) is 3.84. The van der Waals surface area contributed by atoms with E-state index in [2.05, 4.69) is 28.3 Å². The van der Waals surface area contributed by atoms with E-state index < -0.39 is 0 Å². The minimum absolute atomic E-state index is 0.221. The van der Waals surface area contributed by atoms with Crippen LogP contribution in [0.3, 0.4) is 0 Å². The molecule has 0 spiro atoms. The molecule has 158 valence electrons. The molecule has 7 heteroatoms. The first kappa shape index (κ1) is 20.8. The van der Waals surface area contributed by atoms with Gasteiger partial charge in [0.25, 0.3) is 0 Å². The molecule has 0 aliphatic rings. The number of benzene rings is 1. The van der Waals surface area contributed by atoms with Gasteiger partial charge in [-0.2, -0.15) is 0 Å². The van der Waals surface area contributed by atoms with Gasteiger partial charge in [-0.1, -0.05) is 30.3 Å². The number of anilines is 1. The molecule has 0 unspecified atom stereocenters. The first-order valence-electron chi connectivity index (χ1n) is 9.71. The van der Waals surface area contributed by atoms with Gasteiger partial charge in [0.1, 0.15) is 23.6 Å². The van der Waals surface area contributed by atoms with E-state index in [0.717, 1.165) is 33.5 Å². The predicted molar refractivity (Wildman–Crippen MR) is 125 cm³/mol. The molecule has 0 bridgehead atoms. The van der Waals surface area contributed by atoms with E-state index in [1.807, 2.05) is 38.2 Å². The van der Waals surface area contributed by atoms with Gasteiger partial charge < -0.3 is 19.8 Å². The number of rotatable bonds is 6. The number of nitrogens with zero attached hydrogens (tertiary/aromatic N) is 3. The fourth-order valence-electron chi connectivity index (χ4n) is 3.62. The van der Waals surface area contributed by atoms with Crippen molar-refractivity contribution in [3.63, 3.8) is 0 Å². The number of aromatic nitrogens is 3. The maximum Gasteiger partial charge on any atom is 0.146 e. The number of halogens is 1. The molecule has 0 aliphatic carbocycles. The van der Waals surface area contributed by atoms with E-state index in [-0.39, 0.29) is 6.61 Å². The van der Waals surface area contributed by atoms with Gasteiger partial charge in [0.2, 0.25) is 0 Å². The Kier molecular flexibility index (Phi) is 5.57. The van der Waals surface area contributed by atoms with Crippen LogP contribution in [0, 0.1) is 6.92 Å². The van der Waals surface area contributed by atoms with Crippen molar-refractivity contribution >= 4 is 34.0 Å². The third-order valence-corrected chi connectivity index (χ3v) is 5.60. The van der Waals surface area contributed by atoms with Gasteiger partial charge in [0, 0.05) is 41.1 Å². The molecule has 0 radical (unpaired) electrons. The molecule has 31 heavy (non-hydrogen) atoms. The van der Waals surface area contributed by atoms with Crippen LogP contribution in [0.1, 0.15) is 17.0 Å². The van der Waals surface area contributed by atoms with Gasteiger partial charge in [-0.15, -0.1) is 0 Å². The van der Waals surface area contributed by atoms with E-state index in [0.29, 0.717) is 27.8 Å². The fraction of sp³-hybridized carbons (Fsp3) is 0.167. The lowest BCUT2D eigenvalue weighted by Gasteiger charge is -2.15. The van der Waals surface area contributed by atoms with Gasteiger partial charge in [-0.25, -0.2) is 4.98 Å². The number of aryl methyl sites for hydroxylation is 1. The zero-order chi connectivity index (χ0) is 22.1. The third-order valence-electron chi connectivity index (χ3n) is 5.27. The summed E-state index contributed by atoms with van der Waals surface area (Å²) in [6, 6.07) is 12.0. The number of pyridine rings is 2. The lowest BCUT2D eigenvalue weighted by Crippen LogP contribution is -2.03. The Labute approximate surface area is 185 Å². The monoisotopic (exact) mass is 434 g/mol. The van der Waals surface area contributed by atoms with Crippen molar-refractivity contribution in [1.82, 2.24) is 14.5 Å². The summed E-state index contributed by atoms with van der Waals surface area (Å²) >= 11 is 6.24. The molecule has 0 saturated heterocycles. The summed E-state index contributed by atoms with van der Waals surface area (Å²) in [6.07, 6.45) is 3.12. The molecule has 0 amide bonds. The SMILES string of the molecule is C=C(OC)c1ccc(-c2cc(C)nc3c(OCc4c(N)cncc4Cl)cccc23)n1C. The molecule has 0 atom stereocenters. The molecule has 3 heterocycles. The van der Waals surface area contributed by atoms with Crippen LogP contribution in [0.2, 0.25) is 5.02 Å². The summed E-state index contributed by atoms with van der Waals surface area (Å²) < 4.78 is 13.5. The second-order valence-corrected chi connectivity index (χ2v) is 7.64. The molecule has 4 rings (SSSR count). The van der Waals surface area contributed by atoms with Crippen LogP contribution in [-0.2, 0) is 18.4 Å². The van der Waals surface area contributed by atoms with Crippen molar-refractivity contribution in [3.8, 4) is 17.0 Å². The Bertz CT molecular complexity index is 1280. The number of nitrogen functional groups attached to an aromatic ring is 1. The summed E-state index contributed by atoms with van der Waals surface area (Å²) in [7, 11) is 3.61. The van der Waals surface area contributed by atoms with Crippen LogP contribution in [0.15, 0.2) is 55.4 Å². The second kappa shape index (κ2) is 8.32. The first-order valence-corrected chi connectivity index (χ1v) is 10.1. The molecule has 4 aromatic rings. The Morgan fingerprint density at radius 1 is 1.23 bits per heavy atom.